The SMILES string of the molecule is CCCC1CCCN1Cc1sc(CC(=O)c2cnc(N3CCC(C(=O)O)CC3)cn2)nc1-c1cc(F)c(C)c(C(F)(F)F)c1. The molecule has 0 bridgehead atoms. The molecule has 1 atom stereocenters. The number of carboxylic acids is 1. The van der Waals surface area contributed by atoms with Crippen molar-refractivity contribution in [2.24, 2.45) is 5.92 Å². The van der Waals surface area contributed by atoms with Crippen molar-refractivity contribution in [3.05, 3.63) is 57.0 Å². The van der Waals surface area contributed by atoms with Crippen molar-refractivity contribution >= 4 is 28.9 Å². The minimum absolute atomic E-state index is 0.0347. The van der Waals surface area contributed by atoms with E-state index >= 15 is 0 Å². The number of benzene rings is 1. The Bertz CT molecular complexity index is 1500. The number of nitrogens with zero attached hydrogens (tertiary/aromatic N) is 5. The van der Waals surface area contributed by atoms with Crippen LogP contribution in [0.2, 0.25) is 0 Å². The lowest BCUT2D eigenvalue weighted by Gasteiger charge is -2.30. The van der Waals surface area contributed by atoms with E-state index in [0.29, 0.717) is 54.2 Å². The Morgan fingerprint density at radius 1 is 1.09 bits per heavy atom. The van der Waals surface area contributed by atoms with E-state index in [1.807, 2.05) is 4.90 Å². The first kappa shape index (κ1) is 32.0. The number of hydrogen-bond donors (Lipinski definition) is 1. The van der Waals surface area contributed by atoms with E-state index in [1.165, 1.54) is 23.7 Å². The molecule has 0 aliphatic carbocycles. The van der Waals surface area contributed by atoms with Crippen molar-refractivity contribution in [1.82, 2.24) is 19.9 Å². The molecule has 8 nitrogen and oxygen atoms in total. The molecule has 3 aromatic rings. The number of carboxylic acid groups (broad SMARTS) is 1. The predicted octanol–water partition coefficient (Wildman–Crippen LogP) is 6.56. The van der Waals surface area contributed by atoms with Gasteiger partial charge in [0.2, 0.25) is 0 Å². The van der Waals surface area contributed by atoms with Gasteiger partial charge in [0.05, 0.1) is 36.0 Å². The highest BCUT2D eigenvalue weighted by Gasteiger charge is 2.35. The lowest BCUT2D eigenvalue weighted by molar-refractivity contribution is -0.142. The van der Waals surface area contributed by atoms with Gasteiger partial charge in [-0.05, 0) is 63.3 Å². The summed E-state index contributed by atoms with van der Waals surface area (Å²) >= 11 is 1.25. The highest BCUT2D eigenvalue weighted by atomic mass is 32.1. The summed E-state index contributed by atoms with van der Waals surface area (Å²) in [5, 5.41) is 9.62. The Balaban J connectivity index is 1.39. The van der Waals surface area contributed by atoms with Crippen LogP contribution in [-0.2, 0) is 23.9 Å². The zero-order valence-electron chi connectivity index (χ0n) is 24.7. The van der Waals surface area contributed by atoms with Crippen LogP contribution in [0, 0.1) is 18.7 Å². The molecule has 44 heavy (non-hydrogen) atoms. The number of alkyl halides is 3. The van der Waals surface area contributed by atoms with Crippen LogP contribution in [0.5, 0.6) is 0 Å². The molecule has 13 heteroatoms. The number of hydrogen-bond acceptors (Lipinski definition) is 8. The Hall–Kier alpha value is -3.45. The van der Waals surface area contributed by atoms with Crippen molar-refractivity contribution < 1.29 is 32.3 Å². The first-order valence-electron chi connectivity index (χ1n) is 14.9. The molecule has 2 aliphatic heterocycles. The molecule has 0 amide bonds. The van der Waals surface area contributed by atoms with Crippen molar-refractivity contribution in [2.45, 2.75) is 77.6 Å². The van der Waals surface area contributed by atoms with Crippen molar-refractivity contribution in [3.63, 3.8) is 0 Å². The highest BCUT2D eigenvalue weighted by Crippen LogP contribution is 2.39. The van der Waals surface area contributed by atoms with Crippen LogP contribution in [0.3, 0.4) is 0 Å². The first-order chi connectivity index (χ1) is 20.9. The second-order valence-electron chi connectivity index (χ2n) is 11.5. The maximum absolute atomic E-state index is 14.8. The number of Topliss-reactive ketones (excluding diaryl/α,β-unsaturated/α-hetero) is 1. The second-order valence-corrected chi connectivity index (χ2v) is 12.7. The number of carbonyl (C=O) groups excluding carboxylic acids is 1. The van der Waals surface area contributed by atoms with Crippen LogP contribution < -0.4 is 4.90 Å². The number of thiazole rings is 1. The van der Waals surface area contributed by atoms with Gasteiger partial charge >= 0.3 is 12.1 Å². The summed E-state index contributed by atoms with van der Waals surface area (Å²) in [7, 11) is 0. The molecule has 1 aromatic carbocycles. The first-order valence-corrected chi connectivity index (χ1v) is 15.7. The summed E-state index contributed by atoms with van der Waals surface area (Å²) < 4.78 is 56.1. The third-order valence-electron chi connectivity index (χ3n) is 8.54. The minimum Gasteiger partial charge on any atom is -0.481 e. The zero-order chi connectivity index (χ0) is 31.6. The predicted molar refractivity (Wildman–Crippen MR) is 158 cm³/mol. The van der Waals surface area contributed by atoms with Crippen LogP contribution in [0.1, 0.15) is 76.9 Å². The molecule has 2 aromatic heterocycles. The van der Waals surface area contributed by atoms with Gasteiger partial charge in [-0.15, -0.1) is 11.3 Å². The van der Waals surface area contributed by atoms with Gasteiger partial charge < -0.3 is 10.0 Å². The van der Waals surface area contributed by atoms with Gasteiger partial charge in [0.1, 0.15) is 22.3 Å². The summed E-state index contributed by atoms with van der Waals surface area (Å²) in [5.41, 5.74) is -1.10. The fourth-order valence-electron chi connectivity index (χ4n) is 6.08. The lowest BCUT2D eigenvalue weighted by Crippen LogP contribution is -2.36. The van der Waals surface area contributed by atoms with Crippen LogP contribution in [-0.4, -0.2) is 62.4 Å². The zero-order valence-corrected chi connectivity index (χ0v) is 25.5. The normalized spacial score (nSPS) is 18.2. The fourth-order valence-corrected chi connectivity index (χ4v) is 7.19. The highest BCUT2D eigenvalue weighted by molar-refractivity contribution is 7.12. The number of carbonyl (C=O) groups is 2. The lowest BCUT2D eigenvalue weighted by atomic mass is 9.97. The van der Waals surface area contributed by atoms with Crippen LogP contribution in [0.4, 0.5) is 23.4 Å². The molecule has 0 spiro atoms. The molecule has 2 saturated heterocycles. The molecule has 0 radical (unpaired) electrons. The number of aromatic nitrogens is 3. The van der Waals surface area contributed by atoms with E-state index in [4.69, 9.17) is 0 Å². The van der Waals surface area contributed by atoms with E-state index in [9.17, 15) is 32.3 Å². The third kappa shape index (κ3) is 7.09. The van der Waals surface area contributed by atoms with Gasteiger partial charge in [0.25, 0.3) is 0 Å². The number of rotatable bonds is 10. The summed E-state index contributed by atoms with van der Waals surface area (Å²) in [6.07, 6.45) is 3.07. The maximum atomic E-state index is 14.8. The molecule has 0 saturated carbocycles. The van der Waals surface area contributed by atoms with E-state index in [2.05, 4.69) is 26.8 Å². The van der Waals surface area contributed by atoms with Crippen molar-refractivity contribution in [1.29, 1.82) is 0 Å². The van der Waals surface area contributed by atoms with Gasteiger partial charge in [-0.3, -0.25) is 14.5 Å². The van der Waals surface area contributed by atoms with Gasteiger partial charge in [-0.2, -0.15) is 13.2 Å². The van der Waals surface area contributed by atoms with Gasteiger partial charge in [0.15, 0.2) is 5.78 Å². The van der Waals surface area contributed by atoms with Crippen LogP contribution in [0.25, 0.3) is 11.3 Å². The second kappa shape index (κ2) is 13.3. The molecule has 2 fully saturated rings. The average molecular weight is 634 g/mol. The smallest absolute Gasteiger partial charge is 0.416 e. The number of piperidine rings is 1. The van der Waals surface area contributed by atoms with Crippen LogP contribution >= 0.6 is 11.3 Å². The molecule has 236 valence electrons. The van der Waals surface area contributed by atoms with Crippen LogP contribution in [0.15, 0.2) is 24.5 Å². The van der Waals surface area contributed by atoms with Gasteiger partial charge in [-0.25, -0.2) is 19.3 Å². The molecule has 2 aliphatic rings. The molecular formula is C31H35F4N5O3S. The topological polar surface area (TPSA) is 99.5 Å². The molecule has 5 rings (SSSR count). The quantitative estimate of drug-likeness (QED) is 0.198. The largest absolute Gasteiger partial charge is 0.481 e. The number of anilines is 1. The Kier molecular flexibility index (Phi) is 9.64. The fraction of sp³-hybridized carbons (Fsp3) is 0.516. The summed E-state index contributed by atoms with van der Waals surface area (Å²) in [6, 6.07) is 2.38. The van der Waals surface area contributed by atoms with E-state index < -0.39 is 29.1 Å². The number of aliphatic carboxylic acids is 1. The number of ketones is 1. The maximum Gasteiger partial charge on any atom is 0.416 e. The average Bonchev–Trinajstić information content (AvgIpc) is 3.60. The van der Waals surface area contributed by atoms with Crippen molar-refractivity contribution in [3.8, 4) is 11.3 Å². The van der Waals surface area contributed by atoms with Gasteiger partial charge in [-0.1, -0.05) is 13.3 Å². The Morgan fingerprint density at radius 3 is 2.48 bits per heavy atom. The minimum atomic E-state index is -4.73. The molecular weight excluding hydrogens is 598 g/mol. The van der Waals surface area contributed by atoms with E-state index in [0.717, 1.165) is 51.3 Å². The monoisotopic (exact) mass is 633 g/mol. The molecule has 1 N–H and O–H groups in total. The Labute approximate surface area is 257 Å². The standard InChI is InChI=1S/C31H35F4N5O3S/c1-3-5-21-6-4-9-40(21)17-26-29(20-12-22(31(33,34)35)18(2)23(32)13-20)38-28(44-26)14-25(41)24-15-37-27(16-36-24)39-10-7-19(8-11-39)30(42)43/h12-13,15-16,19,21H,3-11,14,17H2,1-2H3,(H,42,43). The molecule has 1 unspecified atom stereocenters. The van der Waals surface area contributed by atoms with Gasteiger partial charge in [0, 0.05) is 36.1 Å². The number of likely N-dealkylation sites (tertiary alicyclic amines) is 1. The third-order valence-corrected chi connectivity index (χ3v) is 9.58. The summed E-state index contributed by atoms with van der Waals surface area (Å²) in [6.45, 7) is 5.57. The van der Waals surface area contributed by atoms with Crippen molar-refractivity contribution in [2.75, 3.05) is 24.5 Å². The molecule has 4 heterocycles. The van der Waals surface area contributed by atoms with E-state index in [-0.39, 0.29) is 35.1 Å². The summed E-state index contributed by atoms with van der Waals surface area (Å²) in [5.74, 6) is -1.94. The number of halogens is 4. The Morgan fingerprint density at radius 2 is 1.84 bits per heavy atom. The summed E-state index contributed by atoms with van der Waals surface area (Å²) in [4.78, 5) is 42.6. The van der Waals surface area contributed by atoms with E-state index in [1.54, 1.807) is 0 Å².